The molecule has 1 fully saturated rings. The summed E-state index contributed by atoms with van der Waals surface area (Å²) in [6.07, 6.45) is 5.57. The summed E-state index contributed by atoms with van der Waals surface area (Å²) >= 11 is 1.74. The van der Waals surface area contributed by atoms with E-state index in [-0.39, 0.29) is 39.9 Å². The molecule has 0 bridgehead atoms. The van der Waals surface area contributed by atoms with Crippen LogP contribution in [0.25, 0.3) is 10.1 Å². The fraction of sp³-hybridized carbons (Fsp3) is 0.480. The summed E-state index contributed by atoms with van der Waals surface area (Å²) in [5.74, 6) is 0. The maximum absolute atomic E-state index is 9.91. The zero-order chi connectivity index (χ0) is 45.7. The van der Waals surface area contributed by atoms with Crippen LogP contribution >= 0.6 is 11.3 Å². The average molecular weight is 740 g/mol. The van der Waals surface area contributed by atoms with Gasteiger partial charge in [-0.05, 0) is 129 Å². The number of anilines is 5. The molecule has 4 heterocycles. The number of para-hydroxylation sites is 1. The molecule has 5 aromatic rings. The van der Waals surface area contributed by atoms with E-state index in [1.165, 1.54) is 23.6 Å². The number of fused-ring (bicyclic) bond motifs is 10. The maximum Gasteiger partial charge on any atom is 0.264 e. The first-order valence-corrected chi connectivity index (χ1v) is 21.0. The lowest BCUT2D eigenvalue weighted by Crippen LogP contribution is -2.64. The Bertz CT molecular complexity index is 2800. The molecule has 3 aliphatic heterocycles. The van der Waals surface area contributed by atoms with E-state index in [9.17, 15) is 4.11 Å². The molecule has 4 heteroatoms. The van der Waals surface area contributed by atoms with Gasteiger partial charge in [-0.15, -0.1) is 11.3 Å². The second-order valence-electron chi connectivity index (χ2n) is 20.3. The second-order valence-corrected chi connectivity index (χ2v) is 21.3. The van der Waals surface area contributed by atoms with Crippen LogP contribution in [-0.4, -0.2) is 12.3 Å². The molecule has 278 valence electrons. The monoisotopic (exact) mass is 740 g/mol. The van der Waals surface area contributed by atoms with Crippen LogP contribution in [0.5, 0.6) is 0 Å². The molecule has 2 nitrogen and oxygen atoms in total. The molecule has 0 radical (unpaired) electrons. The van der Waals surface area contributed by atoms with Gasteiger partial charge >= 0.3 is 0 Å². The smallest absolute Gasteiger partial charge is 0.264 e. The van der Waals surface area contributed by atoms with Crippen LogP contribution in [0.3, 0.4) is 0 Å². The molecule has 0 N–H and O–H groups in total. The number of nitrogens with zero attached hydrogens (tertiary/aromatic N) is 2. The molecular weight excluding hydrogens is 671 g/mol. The van der Waals surface area contributed by atoms with Gasteiger partial charge in [0.05, 0.1) is 15.3 Å². The first kappa shape index (κ1) is 26.4. The van der Waals surface area contributed by atoms with Crippen molar-refractivity contribution in [3.63, 3.8) is 0 Å². The van der Waals surface area contributed by atoms with Crippen molar-refractivity contribution in [1.82, 2.24) is 0 Å². The van der Waals surface area contributed by atoms with Crippen molar-refractivity contribution in [1.29, 1.82) is 0 Å². The number of thiophene rings is 1. The molecule has 10 rings (SSSR count). The van der Waals surface area contributed by atoms with E-state index in [1.54, 1.807) is 11.3 Å². The lowest BCUT2D eigenvalue weighted by atomic mass is 9.36. The highest BCUT2D eigenvalue weighted by molar-refractivity contribution is 7.33. The van der Waals surface area contributed by atoms with Crippen LogP contribution in [0.4, 0.5) is 28.4 Å². The minimum atomic E-state index is -2.90. The normalized spacial score (nSPS) is 27.4. The van der Waals surface area contributed by atoms with Crippen molar-refractivity contribution >= 4 is 72.3 Å². The Morgan fingerprint density at radius 2 is 1.39 bits per heavy atom. The molecule has 4 aromatic carbocycles. The number of hydrogen-bond donors (Lipinski definition) is 0. The van der Waals surface area contributed by atoms with Gasteiger partial charge in [-0.3, -0.25) is 0 Å². The van der Waals surface area contributed by atoms with Crippen LogP contribution in [0.15, 0.2) is 66.7 Å². The van der Waals surface area contributed by atoms with E-state index in [4.69, 9.17) is 8.22 Å². The number of hydrogen-bond acceptors (Lipinski definition) is 3. The molecule has 2 unspecified atom stereocenters. The van der Waals surface area contributed by atoms with Gasteiger partial charge in [0, 0.05) is 51.3 Å². The summed E-state index contributed by atoms with van der Waals surface area (Å²) in [4.78, 5) is 4.56. The van der Waals surface area contributed by atoms with Crippen molar-refractivity contribution in [2.45, 2.75) is 154 Å². The average Bonchev–Trinajstić information content (AvgIpc) is 3.66. The molecule has 0 amide bonds. The Balaban J connectivity index is 1.42. The Morgan fingerprint density at radius 3 is 2.07 bits per heavy atom. The fourth-order valence-corrected chi connectivity index (χ4v) is 12.5. The van der Waals surface area contributed by atoms with Crippen molar-refractivity contribution in [3.05, 3.63) is 94.5 Å². The summed E-state index contributed by atoms with van der Waals surface area (Å²) in [5.41, 5.74) is 6.79. The Morgan fingerprint density at radius 1 is 0.722 bits per heavy atom. The van der Waals surface area contributed by atoms with Crippen molar-refractivity contribution in [3.8, 4) is 0 Å². The number of rotatable bonds is 1. The van der Waals surface area contributed by atoms with Crippen molar-refractivity contribution < 1.29 is 12.3 Å². The van der Waals surface area contributed by atoms with E-state index in [0.717, 1.165) is 92.6 Å². The minimum absolute atomic E-state index is 0.0438. The van der Waals surface area contributed by atoms with E-state index in [0.29, 0.717) is 5.69 Å². The predicted octanol–water partition coefficient (Wildman–Crippen LogP) is 12.2. The predicted molar refractivity (Wildman–Crippen MR) is 237 cm³/mol. The highest BCUT2D eigenvalue weighted by atomic mass is 32.1. The SMILES string of the molecule is [2H]c1c([2H])c2c3c(c1[2H])C1(C)CCCCC1(C)N3c1cc(C(C)(C([2H])([2H])[2H])C([2H])([2H])[2H])cc3c1B2c1sc2cc4c(cc2c1N3c1ccc(C(C)(C)C)cc1)C(C)(C)CCC4(C)C. The molecule has 1 saturated carbocycles. The molecule has 2 aliphatic carbocycles. The third kappa shape index (κ3) is 4.41. The van der Waals surface area contributed by atoms with E-state index < -0.39 is 36.8 Å². The summed E-state index contributed by atoms with van der Waals surface area (Å²) < 4.78 is 84.9. The Kier molecular flexibility index (Phi) is 5.21. The van der Waals surface area contributed by atoms with Crippen LogP contribution in [-0.2, 0) is 27.1 Å². The molecule has 54 heavy (non-hydrogen) atoms. The van der Waals surface area contributed by atoms with Gasteiger partial charge in [-0.2, -0.15) is 0 Å². The third-order valence-corrected chi connectivity index (χ3v) is 16.0. The van der Waals surface area contributed by atoms with Crippen LogP contribution in [0, 0.1) is 0 Å². The molecule has 2 atom stereocenters. The highest BCUT2D eigenvalue weighted by Gasteiger charge is 2.61. The lowest BCUT2D eigenvalue weighted by Gasteiger charge is -2.52. The Hall–Kier alpha value is -3.50. The van der Waals surface area contributed by atoms with Gasteiger partial charge in [0.25, 0.3) is 6.71 Å². The van der Waals surface area contributed by atoms with Crippen molar-refractivity contribution in [2.75, 3.05) is 9.80 Å². The van der Waals surface area contributed by atoms with Crippen LogP contribution in [0.2, 0.25) is 0 Å². The zero-order valence-corrected chi connectivity index (χ0v) is 34.6. The maximum atomic E-state index is 9.91. The van der Waals surface area contributed by atoms with Gasteiger partial charge in [0.1, 0.15) is 0 Å². The van der Waals surface area contributed by atoms with Gasteiger partial charge in [0.2, 0.25) is 0 Å². The van der Waals surface area contributed by atoms with Crippen LogP contribution < -0.4 is 25.5 Å². The van der Waals surface area contributed by atoms with Gasteiger partial charge in [-0.25, -0.2) is 0 Å². The fourth-order valence-electron chi connectivity index (χ4n) is 11.2. The first-order chi connectivity index (χ1) is 29.0. The van der Waals surface area contributed by atoms with E-state index >= 15 is 0 Å². The lowest BCUT2D eigenvalue weighted by molar-refractivity contribution is 0.195. The molecule has 0 spiro atoms. The molecular formula is C50H59BN2S. The van der Waals surface area contributed by atoms with E-state index in [1.807, 2.05) is 12.1 Å². The van der Waals surface area contributed by atoms with Crippen molar-refractivity contribution in [2.24, 2.45) is 0 Å². The van der Waals surface area contributed by atoms with Gasteiger partial charge in [-0.1, -0.05) is 119 Å². The quantitative estimate of drug-likeness (QED) is 0.155. The number of benzene rings is 4. The Labute approximate surface area is 342 Å². The summed E-state index contributed by atoms with van der Waals surface area (Å²) in [6, 6.07) is 17.1. The topological polar surface area (TPSA) is 6.48 Å². The standard InChI is InChI=1S/C50H59BN2S/c1-45(2,3)30-18-20-32(21-19-30)52-38-26-31(46(4,5)6)27-39-41(38)51(37-17-15-16-34-43(37)53(39)50(12)23-14-13-22-49(34,50)11)44-42(52)33-28-35-36(29-40(33)54-44)48(9,10)25-24-47(35,7)8/h15-21,26-29H,13-14,22-25H2,1-12H3/i4D3,5D3,15D,16D,17D. The summed E-state index contributed by atoms with van der Waals surface area (Å²) in [5, 5.41) is 1.06. The summed E-state index contributed by atoms with van der Waals surface area (Å²) in [7, 11) is 0. The molecule has 1 aromatic heterocycles. The zero-order valence-electron chi connectivity index (χ0n) is 42.7. The van der Waals surface area contributed by atoms with Gasteiger partial charge in [0.15, 0.2) is 0 Å². The first-order valence-electron chi connectivity index (χ1n) is 24.7. The minimum Gasteiger partial charge on any atom is -0.335 e. The molecule has 5 aliphatic rings. The third-order valence-electron chi connectivity index (χ3n) is 14.8. The van der Waals surface area contributed by atoms with E-state index in [2.05, 4.69) is 109 Å². The largest absolute Gasteiger partial charge is 0.335 e. The summed E-state index contributed by atoms with van der Waals surface area (Å²) in [6.45, 7) is 15.4. The van der Waals surface area contributed by atoms with Crippen LogP contribution in [0.1, 0.15) is 162 Å². The second kappa shape index (κ2) is 10.7. The molecule has 0 saturated heterocycles. The highest BCUT2D eigenvalue weighted by Crippen LogP contribution is 2.62. The van der Waals surface area contributed by atoms with Gasteiger partial charge < -0.3 is 9.80 Å².